The van der Waals surface area contributed by atoms with Crippen LogP contribution in [0.5, 0.6) is 5.75 Å². The van der Waals surface area contributed by atoms with Gasteiger partial charge in [0, 0.05) is 37.6 Å². The van der Waals surface area contributed by atoms with Gasteiger partial charge in [-0.15, -0.1) is 0 Å². The highest BCUT2D eigenvalue weighted by Crippen LogP contribution is 2.32. The first kappa shape index (κ1) is 19.7. The second-order valence-electron chi connectivity index (χ2n) is 6.14. The van der Waals surface area contributed by atoms with Gasteiger partial charge in [-0.3, -0.25) is 14.9 Å². The summed E-state index contributed by atoms with van der Waals surface area (Å²) in [7, 11) is 4.64. The van der Waals surface area contributed by atoms with E-state index in [2.05, 4.69) is 0 Å². The molecule has 0 unspecified atom stereocenters. The number of methoxy groups -OCH3 is 1. The fourth-order valence-electron chi connectivity index (χ4n) is 2.81. The molecule has 0 saturated carbocycles. The van der Waals surface area contributed by atoms with Crippen molar-refractivity contribution in [3.8, 4) is 17.5 Å². The van der Waals surface area contributed by atoms with Crippen molar-refractivity contribution in [2.45, 2.75) is 13.8 Å². The summed E-state index contributed by atoms with van der Waals surface area (Å²) >= 11 is 0. The van der Waals surface area contributed by atoms with Gasteiger partial charge in [0.05, 0.1) is 17.7 Å². The van der Waals surface area contributed by atoms with Crippen molar-refractivity contribution in [2.75, 3.05) is 21.2 Å². The van der Waals surface area contributed by atoms with Crippen molar-refractivity contribution in [3.05, 3.63) is 56.9 Å². The number of amides is 1. The normalized spacial score (nSPS) is 11.0. The van der Waals surface area contributed by atoms with E-state index in [0.717, 1.165) is 11.4 Å². The maximum Gasteiger partial charge on any atom is 0.271 e. The molecule has 0 aliphatic carbocycles. The van der Waals surface area contributed by atoms with E-state index in [4.69, 9.17) is 4.74 Å². The summed E-state index contributed by atoms with van der Waals surface area (Å²) in [5, 5.41) is 20.5. The SMILES string of the molecule is COc1ccc([N+](=O)[O-])cc1-n1c(C)cc(/C=C(/C#N)C(=O)N(C)C)c1C. The van der Waals surface area contributed by atoms with Crippen LogP contribution in [0.4, 0.5) is 5.69 Å². The van der Waals surface area contributed by atoms with Gasteiger partial charge >= 0.3 is 0 Å². The van der Waals surface area contributed by atoms with Gasteiger partial charge in [0.25, 0.3) is 11.6 Å². The molecule has 0 N–H and O–H groups in total. The second-order valence-corrected chi connectivity index (χ2v) is 6.14. The number of benzene rings is 1. The van der Waals surface area contributed by atoms with E-state index < -0.39 is 10.8 Å². The quantitative estimate of drug-likeness (QED) is 0.349. The fraction of sp³-hybridized carbons (Fsp3) is 0.263. The first-order chi connectivity index (χ1) is 12.7. The Morgan fingerprint density at radius 2 is 2.00 bits per heavy atom. The van der Waals surface area contributed by atoms with Gasteiger partial charge in [0.15, 0.2) is 0 Å². The van der Waals surface area contributed by atoms with Crippen LogP contribution in [0.15, 0.2) is 29.8 Å². The Bertz CT molecular complexity index is 980. The highest BCUT2D eigenvalue weighted by Gasteiger charge is 2.19. The van der Waals surface area contributed by atoms with Crippen LogP contribution in [-0.4, -0.2) is 41.5 Å². The number of nitriles is 1. The number of non-ortho nitro benzene ring substituents is 1. The first-order valence-corrected chi connectivity index (χ1v) is 8.06. The molecule has 1 aromatic heterocycles. The fourth-order valence-corrected chi connectivity index (χ4v) is 2.81. The summed E-state index contributed by atoms with van der Waals surface area (Å²) in [5.41, 5.74) is 2.64. The topological polar surface area (TPSA) is 101 Å². The molecule has 140 valence electrons. The van der Waals surface area contributed by atoms with Crippen LogP contribution in [0.2, 0.25) is 0 Å². The third-order valence-electron chi connectivity index (χ3n) is 4.14. The number of carbonyl (C=O) groups is 1. The predicted molar refractivity (Wildman–Crippen MR) is 101 cm³/mol. The zero-order valence-electron chi connectivity index (χ0n) is 15.8. The molecule has 1 aromatic carbocycles. The first-order valence-electron chi connectivity index (χ1n) is 8.06. The number of rotatable bonds is 5. The van der Waals surface area contributed by atoms with Gasteiger partial charge in [-0.25, -0.2) is 0 Å². The van der Waals surface area contributed by atoms with Gasteiger partial charge in [0.2, 0.25) is 0 Å². The van der Waals surface area contributed by atoms with Crippen molar-refractivity contribution in [3.63, 3.8) is 0 Å². The van der Waals surface area contributed by atoms with Crippen LogP contribution in [0.25, 0.3) is 11.8 Å². The number of nitro benzene ring substituents is 1. The number of nitro groups is 1. The maximum atomic E-state index is 12.1. The molecule has 2 aromatic rings. The number of aromatic nitrogens is 1. The standard InChI is InChI=1S/C19H20N4O4/c1-12-8-14(9-15(11-20)19(24)21(3)4)13(2)22(12)17-10-16(23(25)26)6-7-18(17)27-5/h6-10H,1-5H3/b15-9-. The Labute approximate surface area is 157 Å². The lowest BCUT2D eigenvalue weighted by atomic mass is 10.1. The summed E-state index contributed by atoms with van der Waals surface area (Å²) < 4.78 is 7.15. The average Bonchev–Trinajstić information content (AvgIpc) is 2.91. The minimum absolute atomic E-state index is 0.00579. The Kier molecular flexibility index (Phi) is 5.66. The molecule has 1 heterocycles. The average molecular weight is 368 g/mol. The number of hydrogen-bond donors (Lipinski definition) is 0. The molecule has 0 spiro atoms. The summed E-state index contributed by atoms with van der Waals surface area (Å²) in [6.07, 6.45) is 1.52. The predicted octanol–water partition coefficient (Wildman–Crippen LogP) is 3.01. The highest BCUT2D eigenvalue weighted by molar-refractivity contribution is 6.01. The molecule has 0 radical (unpaired) electrons. The molecule has 0 fully saturated rings. The van der Waals surface area contributed by atoms with Gasteiger partial charge in [-0.2, -0.15) is 5.26 Å². The number of likely N-dealkylation sites (N-methyl/N-ethyl adjacent to an activating group) is 1. The minimum Gasteiger partial charge on any atom is -0.495 e. The molecule has 8 heteroatoms. The molecule has 0 atom stereocenters. The second kappa shape index (κ2) is 7.74. The molecule has 0 aliphatic rings. The van der Waals surface area contributed by atoms with E-state index in [1.165, 1.54) is 36.3 Å². The Hall–Kier alpha value is -3.60. The zero-order valence-corrected chi connectivity index (χ0v) is 15.8. The Balaban J connectivity index is 2.67. The summed E-state index contributed by atoms with van der Waals surface area (Å²) in [6.45, 7) is 3.65. The van der Waals surface area contributed by atoms with Crippen molar-refractivity contribution >= 4 is 17.7 Å². The van der Waals surface area contributed by atoms with Crippen LogP contribution in [-0.2, 0) is 4.79 Å². The Morgan fingerprint density at radius 1 is 1.33 bits per heavy atom. The number of carbonyl (C=O) groups excluding carboxylic acids is 1. The van der Waals surface area contributed by atoms with E-state index >= 15 is 0 Å². The van der Waals surface area contributed by atoms with E-state index in [-0.39, 0.29) is 11.3 Å². The largest absolute Gasteiger partial charge is 0.495 e. The molecular formula is C19H20N4O4. The summed E-state index contributed by atoms with van der Waals surface area (Å²) in [6, 6.07) is 8.08. The molecular weight excluding hydrogens is 348 g/mol. The third kappa shape index (κ3) is 3.82. The van der Waals surface area contributed by atoms with Gasteiger partial charge < -0.3 is 14.2 Å². The molecule has 0 saturated heterocycles. The molecule has 0 aliphatic heterocycles. The Morgan fingerprint density at radius 3 is 2.52 bits per heavy atom. The lowest BCUT2D eigenvalue weighted by Crippen LogP contribution is -2.22. The molecule has 8 nitrogen and oxygen atoms in total. The lowest BCUT2D eigenvalue weighted by Gasteiger charge is -2.14. The number of nitrogens with zero attached hydrogens (tertiary/aromatic N) is 4. The van der Waals surface area contributed by atoms with Gasteiger partial charge in [-0.05, 0) is 37.6 Å². The molecule has 0 bridgehead atoms. The van der Waals surface area contributed by atoms with Crippen molar-refractivity contribution in [2.24, 2.45) is 0 Å². The van der Waals surface area contributed by atoms with Gasteiger partial charge in [-0.1, -0.05) is 0 Å². The highest BCUT2D eigenvalue weighted by atomic mass is 16.6. The van der Waals surface area contributed by atoms with E-state index in [9.17, 15) is 20.2 Å². The zero-order chi connectivity index (χ0) is 20.3. The minimum atomic E-state index is -0.471. The molecule has 2 rings (SSSR count). The van der Waals surface area contributed by atoms with Gasteiger partial charge in [0.1, 0.15) is 17.4 Å². The van der Waals surface area contributed by atoms with Crippen molar-refractivity contribution in [1.82, 2.24) is 9.47 Å². The van der Waals surface area contributed by atoms with Crippen LogP contribution in [0, 0.1) is 35.3 Å². The third-order valence-corrected chi connectivity index (χ3v) is 4.14. The molecule has 1 amide bonds. The number of aryl methyl sites for hydroxylation is 1. The van der Waals surface area contributed by atoms with E-state index in [0.29, 0.717) is 17.0 Å². The lowest BCUT2D eigenvalue weighted by molar-refractivity contribution is -0.384. The smallest absolute Gasteiger partial charge is 0.271 e. The van der Waals surface area contributed by atoms with Crippen LogP contribution in [0.3, 0.4) is 0 Å². The summed E-state index contributed by atoms with van der Waals surface area (Å²) in [4.78, 5) is 24.1. The summed E-state index contributed by atoms with van der Waals surface area (Å²) in [5.74, 6) is 0.0815. The van der Waals surface area contributed by atoms with E-state index in [1.807, 2.05) is 26.0 Å². The number of hydrogen-bond acceptors (Lipinski definition) is 5. The molecule has 27 heavy (non-hydrogen) atoms. The van der Waals surface area contributed by atoms with Crippen LogP contribution < -0.4 is 4.74 Å². The van der Waals surface area contributed by atoms with Crippen molar-refractivity contribution < 1.29 is 14.5 Å². The van der Waals surface area contributed by atoms with E-state index in [1.54, 1.807) is 18.7 Å². The van der Waals surface area contributed by atoms with Crippen LogP contribution in [0.1, 0.15) is 17.0 Å². The van der Waals surface area contributed by atoms with Crippen LogP contribution >= 0.6 is 0 Å². The van der Waals surface area contributed by atoms with Crippen molar-refractivity contribution in [1.29, 1.82) is 5.26 Å². The number of ether oxygens (including phenoxy) is 1. The monoisotopic (exact) mass is 368 g/mol. The maximum absolute atomic E-state index is 12.1.